The Morgan fingerprint density at radius 1 is 0.795 bits per heavy atom. The molecule has 44 heavy (non-hydrogen) atoms. The third-order valence-electron chi connectivity index (χ3n) is 3.45. The van der Waals surface area contributed by atoms with Gasteiger partial charge < -0.3 is 26.4 Å². The van der Waals surface area contributed by atoms with Crippen LogP contribution in [-0.4, -0.2) is 68.2 Å². The van der Waals surface area contributed by atoms with Crippen LogP contribution in [0.3, 0.4) is 0 Å². The van der Waals surface area contributed by atoms with Crippen LogP contribution >= 0.6 is 0 Å². The molecule has 0 amide bonds. The first-order chi connectivity index (χ1) is 20.3. The van der Waals surface area contributed by atoms with E-state index in [4.69, 9.17) is 26.9 Å². The number of nitrogens with two attached hydrogens (primary N) is 2. The fourth-order valence-electron chi connectivity index (χ4n) is 0. The maximum atomic E-state index is 11.4. The van der Waals surface area contributed by atoms with Crippen molar-refractivity contribution in [3.63, 3.8) is 0 Å². The summed E-state index contributed by atoms with van der Waals surface area (Å²) in [5, 5.41) is 23.9. The van der Waals surface area contributed by atoms with Crippen molar-refractivity contribution in [1.29, 1.82) is 5.26 Å². The molecule has 0 bridgehead atoms. The number of hydrogen-bond acceptors (Lipinski definition) is 6. The van der Waals surface area contributed by atoms with E-state index in [1.54, 1.807) is 27.9 Å². The van der Waals surface area contributed by atoms with Crippen molar-refractivity contribution in [1.82, 2.24) is 0 Å². The highest BCUT2D eigenvalue weighted by Gasteiger charge is 2.15. The standard InChI is InChI=1S/C4H9F.C4H11N.C4H10O.C4H10.C3H7F.C3H9N.C3H5N.2C3H8O.C2H3F3/c3*1-3-4(2)5;1-3-4-2;3*1-2-3-4;1-3-4-2;1-2-3-4;1-2(3,4)5/h4H,3H2,1-2H3;4H,3,5H2,1-2H3;4-5H,3H2,1-2H3;3-4H2,1-2H3;2-3H2,1H3;2-4H2,1H3;2H2,1H3;3H2,1-2H3;4H,2-3H2,1H3;1H3. The number of aliphatic hydroxyl groups excluding tert-OH is 2. The van der Waals surface area contributed by atoms with E-state index in [-0.39, 0.29) is 19.7 Å². The average molecular weight is 662 g/mol. The summed E-state index contributed by atoms with van der Waals surface area (Å²) in [7, 11) is 1.68. The molecule has 280 valence electrons. The van der Waals surface area contributed by atoms with E-state index in [0.29, 0.717) is 31.9 Å². The lowest BCUT2D eigenvalue weighted by Gasteiger charge is -1.91. The summed E-state index contributed by atoms with van der Waals surface area (Å²) in [5.41, 5.74) is 10.3. The van der Waals surface area contributed by atoms with E-state index in [1.807, 2.05) is 47.6 Å². The molecule has 0 radical (unpaired) electrons. The predicted molar refractivity (Wildman–Crippen MR) is 186 cm³/mol. The summed E-state index contributed by atoms with van der Waals surface area (Å²) in [5.74, 6) is 0. The molecule has 0 aromatic rings. The number of halogens is 5. The van der Waals surface area contributed by atoms with Crippen LogP contribution in [-0.2, 0) is 4.74 Å². The molecule has 0 spiro atoms. The van der Waals surface area contributed by atoms with E-state index < -0.39 is 12.3 Å². The lowest BCUT2D eigenvalue weighted by atomic mass is 10.3. The molecule has 6 nitrogen and oxygen atoms in total. The number of unbranched alkanes of at least 4 members (excludes halogenated alkanes) is 1. The highest BCUT2D eigenvalue weighted by Crippen LogP contribution is 2.10. The fraction of sp³-hybridized carbons (Fsp3) is 0.970. The van der Waals surface area contributed by atoms with Crippen molar-refractivity contribution < 1.29 is 36.9 Å². The SMILES string of the molecule is CC(F)(F)F.CCC#N.CCC(C)F.CCC(C)N.CCC(C)O.CCCC.CCCF.CCCN.CCCO.CCOC. The molecular formula is C33H80F5N3O3. The van der Waals surface area contributed by atoms with Crippen LogP contribution in [0.2, 0.25) is 0 Å². The second-order valence-corrected chi connectivity index (χ2v) is 8.90. The Bertz CT molecular complexity index is 328. The highest BCUT2D eigenvalue weighted by molar-refractivity contribution is 4.62. The van der Waals surface area contributed by atoms with E-state index in [1.165, 1.54) is 12.8 Å². The number of ether oxygens (including phenoxy) is 1. The summed E-state index contributed by atoms with van der Waals surface area (Å²) in [6.07, 6.45) is 3.74. The van der Waals surface area contributed by atoms with Gasteiger partial charge in [-0.1, -0.05) is 75.2 Å². The van der Waals surface area contributed by atoms with Crippen LogP contribution in [0.4, 0.5) is 22.0 Å². The van der Waals surface area contributed by atoms with Gasteiger partial charge in [0.1, 0.15) is 0 Å². The van der Waals surface area contributed by atoms with Crippen LogP contribution in [0.1, 0.15) is 155 Å². The van der Waals surface area contributed by atoms with Gasteiger partial charge >= 0.3 is 6.18 Å². The molecule has 0 aromatic carbocycles. The Labute approximate surface area is 272 Å². The zero-order valence-electron chi connectivity index (χ0n) is 31.7. The molecule has 3 unspecified atom stereocenters. The second kappa shape index (κ2) is 83.9. The fourth-order valence-corrected chi connectivity index (χ4v) is 0. The number of rotatable bonds is 8. The van der Waals surface area contributed by atoms with Gasteiger partial charge in [0.05, 0.1) is 25.0 Å². The van der Waals surface area contributed by atoms with E-state index >= 15 is 0 Å². The van der Waals surface area contributed by atoms with Crippen molar-refractivity contribution in [2.24, 2.45) is 11.5 Å². The van der Waals surface area contributed by atoms with Gasteiger partial charge in [-0.05, 0) is 72.8 Å². The molecule has 0 heterocycles. The highest BCUT2D eigenvalue weighted by atomic mass is 19.4. The van der Waals surface area contributed by atoms with Crippen molar-refractivity contribution >= 4 is 0 Å². The Morgan fingerprint density at radius 3 is 1.00 bits per heavy atom. The second-order valence-electron chi connectivity index (χ2n) is 8.90. The molecule has 0 aliphatic heterocycles. The monoisotopic (exact) mass is 662 g/mol. The number of nitriles is 1. The lowest BCUT2D eigenvalue weighted by Crippen LogP contribution is -2.11. The molecule has 0 rings (SSSR count). The Balaban J connectivity index is -0.0000000366. The minimum Gasteiger partial charge on any atom is -0.396 e. The zero-order chi connectivity index (χ0) is 37.8. The number of nitrogens with zero attached hydrogens (tertiary/aromatic N) is 1. The quantitative estimate of drug-likeness (QED) is 0.192. The van der Waals surface area contributed by atoms with Crippen molar-refractivity contribution in [3.8, 4) is 6.07 Å². The van der Waals surface area contributed by atoms with Crippen molar-refractivity contribution in [2.75, 3.05) is 33.5 Å². The number of hydrogen-bond donors (Lipinski definition) is 4. The molecule has 0 aliphatic rings. The van der Waals surface area contributed by atoms with Gasteiger partial charge in [0.25, 0.3) is 0 Å². The molecule has 6 N–H and O–H groups in total. The van der Waals surface area contributed by atoms with Gasteiger partial charge in [0, 0.05) is 39.7 Å². The first-order valence-corrected chi connectivity index (χ1v) is 16.2. The van der Waals surface area contributed by atoms with Gasteiger partial charge in [0.15, 0.2) is 0 Å². The van der Waals surface area contributed by atoms with Gasteiger partial charge in [-0.15, -0.1) is 0 Å². The van der Waals surface area contributed by atoms with Crippen LogP contribution in [0.25, 0.3) is 0 Å². The number of aliphatic hydroxyl groups is 2. The van der Waals surface area contributed by atoms with E-state index in [9.17, 15) is 22.0 Å². The van der Waals surface area contributed by atoms with Crippen LogP contribution in [0.5, 0.6) is 0 Å². The summed E-state index contributed by atoms with van der Waals surface area (Å²) < 4.78 is 57.8. The Kier molecular flexibility index (Phi) is 133. The summed E-state index contributed by atoms with van der Waals surface area (Å²) in [4.78, 5) is 0. The summed E-state index contributed by atoms with van der Waals surface area (Å²) in [6, 6.07) is 2.31. The molecule has 0 aromatic heterocycles. The smallest absolute Gasteiger partial charge is 0.386 e. The molecule has 0 saturated heterocycles. The van der Waals surface area contributed by atoms with Crippen molar-refractivity contribution in [2.45, 2.75) is 179 Å². The number of alkyl halides is 5. The van der Waals surface area contributed by atoms with Crippen LogP contribution in [0, 0.1) is 11.3 Å². The van der Waals surface area contributed by atoms with Gasteiger partial charge in [-0.3, -0.25) is 4.39 Å². The zero-order valence-corrected chi connectivity index (χ0v) is 31.7. The Morgan fingerprint density at radius 2 is 1.00 bits per heavy atom. The third-order valence-corrected chi connectivity index (χ3v) is 3.45. The summed E-state index contributed by atoms with van der Waals surface area (Å²) >= 11 is 0. The maximum absolute atomic E-state index is 11.4. The van der Waals surface area contributed by atoms with Crippen molar-refractivity contribution in [3.05, 3.63) is 0 Å². The first-order valence-electron chi connectivity index (χ1n) is 16.2. The normalized spacial score (nSPS) is 10.3. The topological polar surface area (TPSA) is 126 Å². The van der Waals surface area contributed by atoms with E-state index in [2.05, 4.69) is 32.4 Å². The molecule has 0 saturated carbocycles. The van der Waals surface area contributed by atoms with Crippen LogP contribution < -0.4 is 11.5 Å². The molecule has 3 atom stereocenters. The van der Waals surface area contributed by atoms with Crippen LogP contribution in [0.15, 0.2) is 0 Å². The number of methoxy groups -OCH3 is 1. The molecule has 0 fully saturated rings. The average Bonchev–Trinajstić information content (AvgIpc) is 3.01. The van der Waals surface area contributed by atoms with Gasteiger partial charge in [-0.2, -0.15) is 18.4 Å². The largest absolute Gasteiger partial charge is 0.396 e. The summed E-state index contributed by atoms with van der Waals surface area (Å²) in [6.45, 7) is 27.1. The molecular weight excluding hydrogens is 581 g/mol. The minimum atomic E-state index is -4.00. The molecule has 0 aliphatic carbocycles. The van der Waals surface area contributed by atoms with E-state index in [0.717, 1.165) is 38.8 Å². The predicted octanol–water partition coefficient (Wildman–Crippen LogP) is 10.3. The maximum Gasteiger partial charge on any atom is 0.386 e. The van der Waals surface area contributed by atoms with Gasteiger partial charge in [0.2, 0.25) is 0 Å². The minimum absolute atomic E-state index is 0.116. The Hall–Kier alpha value is -1.06. The van der Waals surface area contributed by atoms with Gasteiger partial charge in [-0.25, -0.2) is 4.39 Å². The third kappa shape index (κ3) is 546. The first kappa shape index (κ1) is 69.6. The lowest BCUT2D eigenvalue weighted by molar-refractivity contribution is -0.110. The molecule has 11 heteroatoms.